The maximum atomic E-state index is 12.1. The predicted octanol–water partition coefficient (Wildman–Crippen LogP) is 1.69. The second-order valence-corrected chi connectivity index (χ2v) is 8.53. The van der Waals surface area contributed by atoms with Crippen LogP contribution in [0.4, 0.5) is 5.82 Å². The molecule has 2 aliphatic heterocycles. The van der Waals surface area contributed by atoms with E-state index in [2.05, 4.69) is 9.88 Å². The lowest BCUT2D eigenvalue weighted by molar-refractivity contribution is -0.133. The van der Waals surface area contributed by atoms with Crippen LogP contribution in [0, 0.1) is 5.92 Å². The first-order chi connectivity index (χ1) is 12.1. The summed E-state index contributed by atoms with van der Waals surface area (Å²) in [5.74, 6) is 1.31. The minimum atomic E-state index is -0.384. The lowest BCUT2D eigenvalue weighted by atomic mass is 9.80. The molecule has 0 spiro atoms. The highest BCUT2D eigenvalue weighted by atomic mass is 16.7. The van der Waals surface area contributed by atoms with Crippen LogP contribution in [0.15, 0.2) is 18.3 Å². The van der Waals surface area contributed by atoms with Gasteiger partial charge in [0.15, 0.2) is 0 Å². The molecule has 0 radical (unpaired) electrons. The van der Waals surface area contributed by atoms with E-state index in [9.17, 15) is 4.79 Å². The van der Waals surface area contributed by atoms with Crippen LogP contribution in [-0.4, -0.2) is 61.3 Å². The van der Waals surface area contributed by atoms with Gasteiger partial charge in [-0.25, -0.2) is 4.98 Å². The van der Waals surface area contributed by atoms with E-state index in [1.54, 1.807) is 4.90 Å². The zero-order chi connectivity index (χ0) is 19.1. The van der Waals surface area contributed by atoms with Crippen molar-refractivity contribution in [1.82, 2.24) is 9.88 Å². The van der Waals surface area contributed by atoms with Crippen LogP contribution >= 0.6 is 0 Å². The summed E-state index contributed by atoms with van der Waals surface area (Å²) in [6, 6.07) is 4.05. The van der Waals surface area contributed by atoms with Crippen LogP contribution in [0.1, 0.15) is 40.5 Å². The molecule has 0 aromatic carbocycles. The minimum absolute atomic E-state index is 0.130. The van der Waals surface area contributed by atoms with Crippen molar-refractivity contribution in [2.45, 2.75) is 51.7 Å². The molecule has 6 nitrogen and oxygen atoms in total. The standard InChI is InChI=1S/C19H30BN3O3/c1-18(2)19(3,4)26-20(25-18)15-7-8-16(21-13-15)23-11-9-14(10-12-23)17(24)22(5)6/h7-8,13-14H,9-12H2,1-6H3. The third-order valence-electron chi connectivity index (χ3n) is 5.91. The Hall–Kier alpha value is -1.60. The Morgan fingerprint density at radius 3 is 2.19 bits per heavy atom. The number of carbonyl (C=O) groups excluding carboxylic acids is 1. The van der Waals surface area contributed by atoms with Gasteiger partial charge in [0.25, 0.3) is 0 Å². The molecule has 0 N–H and O–H groups in total. The highest BCUT2D eigenvalue weighted by Gasteiger charge is 2.51. The molecule has 26 heavy (non-hydrogen) atoms. The van der Waals surface area contributed by atoms with Crippen LogP contribution in [0.5, 0.6) is 0 Å². The summed E-state index contributed by atoms with van der Waals surface area (Å²) >= 11 is 0. The van der Waals surface area contributed by atoms with Crippen molar-refractivity contribution in [3.05, 3.63) is 18.3 Å². The van der Waals surface area contributed by atoms with E-state index in [1.165, 1.54) is 0 Å². The summed E-state index contributed by atoms with van der Waals surface area (Å²) in [6.45, 7) is 9.91. The van der Waals surface area contributed by atoms with Gasteiger partial charge < -0.3 is 19.1 Å². The molecular weight excluding hydrogens is 329 g/mol. The first-order valence-corrected chi connectivity index (χ1v) is 9.38. The van der Waals surface area contributed by atoms with E-state index in [4.69, 9.17) is 9.31 Å². The number of pyridine rings is 1. The Labute approximate surface area is 157 Å². The Morgan fingerprint density at radius 1 is 1.15 bits per heavy atom. The summed E-state index contributed by atoms with van der Waals surface area (Å²) in [6.07, 6.45) is 3.59. The third-order valence-corrected chi connectivity index (χ3v) is 5.91. The van der Waals surface area contributed by atoms with Gasteiger partial charge in [-0.05, 0) is 46.6 Å². The molecule has 0 unspecified atom stereocenters. The number of carbonyl (C=O) groups is 1. The van der Waals surface area contributed by atoms with Gasteiger partial charge in [0.2, 0.25) is 5.91 Å². The van der Waals surface area contributed by atoms with Crippen LogP contribution in [0.2, 0.25) is 0 Å². The van der Waals surface area contributed by atoms with Crippen LogP contribution in [0.25, 0.3) is 0 Å². The van der Waals surface area contributed by atoms with E-state index >= 15 is 0 Å². The largest absolute Gasteiger partial charge is 0.496 e. The Balaban J connectivity index is 1.62. The second-order valence-electron chi connectivity index (χ2n) is 8.53. The Morgan fingerprint density at radius 2 is 1.73 bits per heavy atom. The average molecular weight is 359 g/mol. The number of hydrogen-bond donors (Lipinski definition) is 0. The fourth-order valence-corrected chi connectivity index (χ4v) is 3.42. The van der Waals surface area contributed by atoms with Crippen molar-refractivity contribution in [1.29, 1.82) is 0 Å². The van der Waals surface area contributed by atoms with Crippen molar-refractivity contribution in [2.24, 2.45) is 5.92 Å². The maximum Gasteiger partial charge on any atom is 0.496 e. The number of anilines is 1. The third kappa shape index (κ3) is 3.60. The minimum Gasteiger partial charge on any atom is -0.399 e. The number of nitrogens with zero attached hydrogens (tertiary/aromatic N) is 3. The molecule has 7 heteroatoms. The zero-order valence-corrected chi connectivity index (χ0v) is 16.8. The lowest BCUT2D eigenvalue weighted by Gasteiger charge is -2.33. The highest BCUT2D eigenvalue weighted by molar-refractivity contribution is 6.62. The van der Waals surface area contributed by atoms with Gasteiger partial charge in [0, 0.05) is 44.8 Å². The fraction of sp³-hybridized carbons (Fsp3) is 0.684. The molecular formula is C19H30BN3O3. The summed E-state index contributed by atoms with van der Waals surface area (Å²) < 4.78 is 12.2. The number of rotatable bonds is 3. The quantitative estimate of drug-likeness (QED) is 0.769. The number of hydrogen-bond acceptors (Lipinski definition) is 5. The van der Waals surface area contributed by atoms with E-state index < -0.39 is 0 Å². The first-order valence-electron chi connectivity index (χ1n) is 9.38. The zero-order valence-electron chi connectivity index (χ0n) is 16.8. The van der Waals surface area contributed by atoms with Crippen LogP contribution < -0.4 is 10.4 Å². The molecule has 142 valence electrons. The molecule has 1 aromatic rings. The molecule has 1 aromatic heterocycles. The SMILES string of the molecule is CN(C)C(=O)C1CCN(c2ccc(B3OC(C)(C)C(C)(C)O3)cn2)CC1. The summed E-state index contributed by atoms with van der Waals surface area (Å²) in [5.41, 5.74) is 0.235. The molecule has 0 bridgehead atoms. The van der Waals surface area contributed by atoms with E-state index in [0.29, 0.717) is 0 Å². The van der Waals surface area contributed by atoms with E-state index in [1.807, 2.05) is 60.1 Å². The molecule has 3 rings (SSSR count). The molecule has 2 aliphatic rings. The fourth-order valence-electron chi connectivity index (χ4n) is 3.42. The number of aromatic nitrogens is 1. The van der Waals surface area contributed by atoms with Gasteiger partial charge in [-0.2, -0.15) is 0 Å². The molecule has 0 atom stereocenters. The summed E-state index contributed by atoms with van der Waals surface area (Å²) in [4.78, 5) is 20.7. The lowest BCUT2D eigenvalue weighted by Crippen LogP contribution is -2.41. The smallest absolute Gasteiger partial charge is 0.399 e. The Bertz CT molecular complexity index is 636. The van der Waals surface area contributed by atoms with Crippen molar-refractivity contribution >= 4 is 24.3 Å². The summed E-state index contributed by atoms with van der Waals surface area (Å²) in [7, 11) is 3.26. The van der Waals surface area contributed by atoms with Gasteiger partial charge in [-0.1, -0.05) is 6.07 Å². The number of piperidine rings is 1. The van der Waals surface area contributed by atoms with Gasteiger partial charge in [0.05, 0.1) is 11.2 Å². The molecule has 2 fully saturated rings. The van der Waals surface area contributed by atoms with Gasteiger partial charge in [0.1, 0.15) is 5.82 Å². The molecule has 1 amide bonds. The second kappa shape index (κ2) is 6.85. The van der Waals surface area contributed by atoms with Crippen molar-refractivity contribution in [3.8, 4) is 0 Å². The maximum absolute atomic E-state index is 12.1. The predicted molar refractivity (Wildman–Crippen MR) is 104 cm³/mol. The van der Waals surface area contributed by atoms with Gasteiger partial charge in [-0.3, -0.25) is 4.79 Å². The number of amides is 1. The van der Waals surface area contributed by atoms with Crippen molar-refractivity contribution in [2.75, 3.05) is 32.1 Å². The topological polar surface area (TPSA) is 54.9 Å². The normalized spacial score (nSPS) is 22.5. The van der Waals surface area contributed by atoms with Gasteiger partial charge in [-0.15, -0.1) is 0 Å². The molecule has 0 aliphatic carbocycles. The molecule has 0 saturated carbocycles. The van der Waals surface area contributed by atoms with E-state index in [0.717, 1.165) is 37.2 Å². The van der Waals surface area contributed by atoms with Crippen molar-refractivity contribution in [3.63, 3.8) is 0 Å². The van der Waals surface area contributed by atoms with Crippen LogP contribution in [0.3, 0.4) is 0 Å². The monoisotopic (exact) mass is 359 g/mol. The highest BCUT2D eigenvalue weighted by Crippen LogP contribution is 2.36. The summed E-state index contributed by atoms with van der Waals surface area (Å²) in [5, 5.41) is 0. The van der Waals surface area contributed by atoms with Gasteiger partial charge >= 0.3 is 7.12 Å². The Kier molecular flexibility index (Phi) is 5.05. The average Bonchev–Trinajstić information content (AvgIpc) is 2.82. The molecule has 2 saturated heterocycles. The van der Waals surface area contributed by atoms with E-state index in [-0.39, 0.29) is 30.1 Å². The van der Waals surface area contributed by atoms with Crippen LogP contribution in [-0.2, 0) is 14.1 Å². The first kappa shape index (κ1) is 19.2. The van der Waals surface area contributed by atoms with Crippen molar-refractivity contribution < 1.29 is 14.1 Å². The molecule has 3 heterocycles.